The van der Waals surface area contributed by atoms with Gasteiger partial charge in [-0.1, -0.05) is 13.0 Å². The zero-order valence-corrected chi connectivity index (χ0v) is 15.7. The summed E-state index contributed by atoms with van der Waals surface area (Å²) in [5, 5.41) is 2.72. The van der Waals surface area contributed by atoms with Crippen molar-refractivity contribution in [3.8, 4) is 0 Å². The first-order valence-corrected chi connectivity index (χ1v) is 9.52. The number of benzene rings is 2. The van der Waals surface area contributed by atoms with Gasteiger partial charge in [0.1, 0.15) is 11.7 Å². The van der Waals surface area contributed by atoms with Crippen LogP contribution in [-0.2, 0) is 4.79 Å². The van der Waals surface area contributed by atoms with Crippen molar-refractivity contribution in [3.63, 3.8) is 0 Å². The molecule has 0 aromatic heterocycles. The highest BCUT2D eigenvalue weighted by atomic mass is 19.1. The fourth-order valence-electron chi connectivity index (χ4n) is 4.09. The van der Waals surface area contributed by atoms with Gasteiger partial charge in [-0.2, -0.15) is 0 Å². The van der Waals surface area contributed by atoms with Crippen LogP contribution in [-0.4, -0.2) is 25.2 Å². The zero-order valence-electron chi connectivity index (χ0n) is 15.7. The quantitative estimate of drug-likeness (QED) is 0.794. The number of nitrogens with zero attached hydrogens (tertiary/aromatic N) is 2. The van der Waals surface area contributed by atoms with E-state index in [1.807, 2.05) is 12.1 Å². The van der Waals surface area contributed by atoms with Gasteiger partial charge in [0, 0.05) is 36.2 Å². The number of aryl methyl sites for hydroxylation is 1. The minimum Gasteiger partial charge on any atom is -0.371 e. The van der Waals surface area contributed by atoms with Gasteiger partial charge in [-0.15, -0.1) is 0 Å². The molecule has 0 saturated carbocycles. The third-order valence-corrected chi connectivity index (χ3v) is 5.46. The summed E-state index contributed by atoms with van der Waals surface area (Å²) in [6.07, 6.45) is 4.06. The molecule has 0 radical (unpaired) electrons. The normalized spacial score (nSPS) is 22.2. The molecule has 1 fully saturated rings. The van der Waals surface area contributed by atoms with Crippen LogP contribution in [0.25, 0.3) is 0 Å². The van der Waals surface area contributed by atoms with Gasteiger partial charge in [-0.3, -0.25) is 9.79 Å². The molecule has 140 valence electrons. The number of rotatable bonds is 3. The summed E-state index contributed by atoms with van der Waals surface area (Å²) < 4.78 is 14.1. The van der Waals surface area contributed by atoms with Crippen LogP contribution < -0.4 is 10.2 Å². The lowest BCUT2D eigenvalue weighted by atomic mass is 9.99. The number of carbonyl (C=O) groups excluding carboxylic acids is 1. The molecule has 4 nitrogen and oxygen atoms in total. The molecule has 5 heteroatoms. The largest absolute Gasteiger partial charge is 0.371 e. The van der Waals surface area contributed by atoms with Gasteiger partial charge in [0.2, 0.25) is 5.91 Å². The van der Waals surface area contributed by atoms with Gasteiger partial charge >= 0.3 is 0 Å². The molecule has 4 rings (SSSR count). The molecular formula is C22H24FN3O. The number of hydrogen-bond donors (Lipinski definition) is 1. The van der Waals surface area contributed by atoms with Crippen molar-refractivity contribution in [2.75, 3.05) is 23.3 Å². The minimum atomic E-state index is -0.691. The first-order chi connectivity index (χ1) is 13.0. The SMILES string of the molecule is Cc1cc(N=CC2C(=O)Nc3cccc(F)c32)ccc1N1CCCC(C)C1. The smallest absolute Gasteiger partial charge is 0.237 e. The van der Waals surface area contributed by atoms with Crippen molar-refractivity contribution >= 4 is 29.2 Å². The van der Waals surface area contributed by atoms with E-state index in [4.69, 9.17) is 0 Å². The maximum atomic E-state index is 14.1. The van der Waals surface area contributed by atoms with E-state index in [9.17, 15) is 9.18 Å². The van der Waals surface area contributed by atoms with Crippen molar-refractivity contribution < 1.29 is 9.18 Å². The van der Waals surface area contributed by atoms with E-state index >= 15 is 0 Å². The summed E-state index contributed by atoms with van der Waals surface area (Å²) in [4.78, 5) is 19.1. The third kappa shape index (κ3) is 3.46. The Labute approximate surface area is 159 Å². The molecular weight excluding hydrogens is 341 g/mol. The Hall–Kier alpha value is -2.69. The number of nitrogens with one attached hydrogen (secondary N) is 1. The average molecular weight is 365 g/mol. The number of amides is 1. The second-order valence-electron chi connectivity index (χ2n) is 7.61. The van der Waals surface area contributed by atoms with Crippen LogP contribution in [0.3, 0.4) is 0 Å². The topological polar surface area (TPSA) is 44.7 Å². The Morgan fingerprint density at radius 2 is 2.15 bits per heavy atom. The lowest BCUT2D eigenvalue weighted by molar-refractivity contribution is -0.115. The van der Waals surface area contributed by atoms with Gasteiger partial charge < -0.3 is 10.2 Å². The summed E-state index contributed by atoms with van der Waals surface area (Å²) in [5.74, 6) is -0.599. The van der Waals surface area contributed by atoms with Crippen molar-refractivity contribution in [2.45, 2.75) is 32.6 Å². The molecule has 0 bridgehead atoms. The maximum Gasteiger partial charge on any atom is 0.237 e. The van der Waals surface area contributed by atoms with Crippen LogP contribution in [0.1, 0.15) is 36.8 Å². The lowest BCUT2D eigenvalue weighted by Gasteiger charge is -2.33. The molecule has 2 aromatic rings. The second-order valence-corrected chi connectivity index (χ2v) is 7.61. The molecule has 0 aliphatic carbocycles. The van der Waals surface area contributed by atoms with Crippen LogP contribution >= 0.6 is 0 Å². The first-order valence-electron chi connectivity index (χ1n) is 9.52. The van der Waals surface area contributed by atoms with Gasteiger partial charge in [-0.05, 0) is 61.6 Å². The molecule has 2 heterocycles. The van der Waals surface area contributed by atoms with Crippen LogP contribution in [0, 0.1) is 18.7 Å². The molecule has 1 amide bonds. The van der Waals surface area contributed by atoms with E-state index in [0.717, 1.165) is 18.8 Å². The summed E-state index contributed by atoms with van der Waals surface area (Å²) in [6, 6.07) is 10.8. The highest BCUT2D eigenvalue weighted by molar-refractivity contribution is 6.12. The second kappa shape index (κ2) is 7.14. The molecule has 2 aliphatic heterocycles. The summed E-state index contributed by atoms with van der Waals surface area (Å²) in [7, 11) is 0. The van der Waals surface area contributed by atoms with E-state index in [-0.39, 0.29) is 11.7 Å². The van der Waals surface area contributed by atoms with E-state index in [1.165, 1.54) is 30.2 Å². The minimum absolute atomic E-state index is 0.241. The highest BCUT2D eigenvalue weighted by Crippen LogP contribution is 2.34. The molecule has 27 heavy (non-hydrogen) atoms. The molecule has 2 aromatic carbocycles. The van der Waals surface area contributed by atoms with E-state index < -0.39 is 5.92 Å². The summed E-state index contributed by atoms with van der Waals surface area (Å²) in [5.41, 5.74) is 4.10. The van der Waals surface area contributed by atoms with Crippen LogP contribution in [0.4, 0.5) is 21.5 Å². The predicted octanol–water partition coefficient (Wildman–Crippen LogP) is 4.81. The Morgan fingerprint density at radius 1 is 1.30 bits per heavy atom. The van der Waals surface area contributed by atoms with Crippen LogP contribution in [0.15, 0.2) is 41.4 Å². The fourth-order valence-corrected chi connectivity index (χ4v) is 4.09. The Bertz CT molecular complexity index is 908. The van der Waals surface area contributed by atoms with E-state index in [2.05, 4.69) is 35.1 Å². The van der Waals surface area contributed by atoms with Crippen LogP contribution in [0.2, 0.25) is 0 Å². The number of piperidine rings is 1. The lowest BCUT2D eigenvalue weighted by Crippen LogP contribution is -2.34. The monoisotopic (exact) mass is 365 g/mol. The zero-order chi connectivity index (χ0) is 19.0. The fraction of sp³-hybridized carbons (Fsp3) is 0.364. The van der Waals surface area contributed by atoms with E-state index in [0.29, 0.717) is 17.2 Å². The van der Waals surface area contributed by atoms with Crippen molar-refractivity contribution in [1.29, 1.82) is 0 Å². The predicted molar refractivity (Wildman–Crippen MR) is 108 cm³/mol. The average Bonchev–Trinajstić information content (AvgIpc) is 2.96. The number of anilines is 2. The van der Waals surface area contributed by atoms with E-state index in [1.54, 1.807) is 18.3 Å². The van der Waals surface area contributed by atoms with Crippen molar-refractivity contribution in [2.24, 2.45) is 10.9 Å². The number of carbonyl (C=O) groups is 1. The first kappa shape index (κ1) is 17.7. The number of aliphatic imine (C=N–C) groups is 1. The number of halogens is 1. The van der Waals surface area contributed by atoms with Crippen molar-refractivity contribution in [3.05, 3.63) is 53.3 Å². The molecule has 1 saturated heterocycles. The van der Waals surface area contributed by atoms with Crippen LogP contribution in [0.5, 0.6) is 0 Å². The number of fused-ring (bicyclic) bond motifs is 1. The third-order valence-electron chi connectivity index (χ3n) is 5.46. The molecule has 2 atom stereocenters. The standard InChI is InChI=1S/C22H24FN3O/c1-14-5-4-10-26(13-14)20-9-8-16(11-15(20)2)24-12-17-21-18(23)6-3-7-19(21)25-22(17)27/h3,6-9,11-12,14,17H,4-5,10,13H2,1-2H3,(H,25,27). The summed E-state index contributed by atoms with van der Waals surface area (Å²) in [6.45, 7) is 6.56. The molecule has 2 unspecified atom stereocenters. The number of hydrogen-bond acceptors (Lipinski definition) is 3. The Kier molecular flexibility index (Phi) is 4.68. The molecule has 1 N–H and O–H groups in total. The van der Waals surface area contributed by atoms with Gasteiger partial charge in [0.15, 0.2) is 0 Å². The highest BCUT2D eigenvalue weighted by Gasteiger charge is 2.31. The Morgan fingerprint density at radius 3 is 2.93 bits per heavy atom. The van der Waals surface area contributed by atoms with Crippen molar-refractivity contribution in [1.82, 2.24) is 0 Å². The molecule has 0 spiro atoms. The van der Waals surface area contributed by atoms with Gasteiger partial charge in [-0.25, -0.2) is 4.39 Å². The van der Waals surface area contributed by atoms with Gasteiger partial charge in [0.05, 0.1) is 5.69 Å². The van der Waals surface area contributed by atoms with Gasteiger partial charge in [0.25, 0.3) is 0 Å². The summed E-state index contributed by atoms with van der Waals surface area (Å²) >= 11 is 0. The Balaban J connectivity index is 1.55. The molecule has 2 aliphatic rings. The maximum absolute atomic E-state index is 14.1.